The molecule has 0 bridgehead atoms. The zero-order valence-corrected chi connectivity index (χ0v) is 12.4. The summed E-state index contributed by atoms with van der Waals surface area (Å²) in [5, 5.41) is 12.5. The minimum atomic E-state index is -4.69. The molecule has 1 aliphatic rings. The summed E-state index contributed by atoms with van der Waals surface area (Å²) in [5.74, 6) is -1.61. The molecular weight excluding hydrogens is 325 g/mol. The number of hydrogen-bond donors (Lipinski definition) is 1. The second-order valence-corrected chi connectivity index (χ2v) is 5.60. The third-order valence-electron chi connectivity index (χ3n) is 3.96. The number of ketones is 1. The first-order valence-electron chi connectivity index (χ1n) is 7.29. The van der Waals surface area contributed by atoms with Crippen LogP contribution in [0.1, 0.15) is 50.5 Å². The minimum Gasteiger partial charge on any atom is -0.478 e. The van der Waals surface area contributed by atoms with Crippen molar-refractivity contribution in [2.45, 2.75) is 32.0 Å². The van der Waals surface area contributed by atoms with Gasteiger partial charge in [-0.05, 0) is 30.5 Å². The number of Topliss-reactive ketones (excluding diaryl/α,β-unsaturated/α-hetero) is 1. The Morgan fingerprint density at radius 1 is 1.21 bits per heavy atom. The predicted octanol–water partition coefficient (Wildman–Crippen LogP) is 3.17. The molecular formula is C16H13F3N2O3. The second-order valence-electron chi connectivity index (χ2n) is 5.60. The van der Waals surface area contributed by atoms with Gasteiger partial charge in [-0.3, -0.25) is 9.48 Å². The first kappa shape index (κ1) is 16.2. The van der Waals surface area contributed by atoms with Gasteiger partial charge < -0.3 is 5.11 Å². The third kappa shape index (κ3) is 2.91. The van der Waals surface area contributed by atoms with Crippen LogP contribution in [0.3, 0.4) is 0 Å². The van der Waals surface area contributed by atoms with Crippen molar-refractivity contribution in [3.63, 3.8) is 0 Å². The van der Waals surface area contributed by atoms with E-state index in [0.29, 0.717) is 24.1 Å². The number of aromatic carboxylic acids is 1. The van der Waals surface area contributed by atoms with E-state index < -0.39 is 23.6 Å². The van der Waals surface area contributed by atoms with Crippen LogP contribution in [-0.4, -0.2) is 26.6 Å². The Morgan fingerprint density at radius 2 is 1.88 bits per heavy atom. The number of carboxylic acid groups (broad SMARTS) is 1. The molecule has 0 atom stereocenters. The topological polar surface area (TPSA) is 72.2 Å². The number of nitrogens with zero attached hydrogens (tertiary/aromatic N) is 2. The Hall–Kier alpha value is -2.64. The monoisotopic (exact) mass is 338 g/mol. The Bertz CT molecular complexity index is 807. The van der Waals surface area contributed by atoms with E-state index in [0.717, 1.165) is 0 Å². The van der Waals surface area contributed by atoms with Gasteiger partial charge >= 0.3 is 12.1 Å². The van der Waals surface area contributed by atoms with Crippen LogP contribution in [0.15, 0.2) is 24.3 Å². The van der Waals surface area contributed by atoms with Gasteiger partial charge in [0.1, 0.15) is 0 Å². The second kappa shape index (κ2) is 5.77. The summed E-state index contributed by atoms with van der Waals surface area (Å²) >= 11 is 0. The molecule has 0 spiro atoms. The molecule has 0 fully saturated rings. The van der Waals surface area contributed by atoms with Gasteiger partial charge in [-0.15, -0.1) is 0 Å². The van der Waals surface area contributed by atoms with Gasteiger partial charge in [-0.2, -0.15) is 18.3 Å². The number of fused-ring (bicyclic) bond motifs is 1. The van der Waals surface area contributed by atoms with E-state index in [1.165, 1.54) is 28.9 Å². The third-order valence-corrected chi connectivity index (χ3v) is 3.96. The molecule has 1 aromatic heterocycles. The molecule has 0 aliphatic heterocycles. The zero-order chi connectivity index (χ0) is 17.5. The first-order valence-corrected chi connectivity index (χ1v) is 7.29. The normalized spacial score (nSPS) is 14.5. The van der Waals surface area contributed by atoms with Crippen molar-refractivity contribution in [1.82, 2.24) is 9.78 Å². The lowest BCUT2D eigenvalue weighted by atomic mass is 9.94. The highest BCUT2D eigenvalue weighted by Gasteiger charge is 2.42. The van der Waals surface area contributed by atoms with Gasteiger partial charge in [0.25, 0.3) is 0 Å². The average molecular weight is 338 g/mol. The number of alkyl halides is 3. The molecule has 24 heavy (non-hydrogen) atoms. The van der Waals surface area contributed by atoms with Crippen LogP contribution in [0.25, 0.3) is 0 Å². The highest BCUT2D eigenvalue weighted by Crippen LogP contribution is 2.36. The lowest BCUT2D eigenvalue weighted by molar-refractivity contribution is -0.141. The first-order chi connectivity index (χ1) is 11.3. The minimum absolute atomic E-state index is 0.0472. The van der Waals surface area contributed by atoms with E-state index in [2.05, 4.69) is 5.10 Å². The molecule has 1 heterocycles. The quantitative estimate of drug-likeness (QED) is 0.933. The summed E-state index contributed by atoms with van der Waals surface area (Å²) in [6.45, 7) is 0.0472. The molecule has 0 saturated heterocycles. The maximum absolute atomic E-state index is 13.1. The SMILES string of the molecule is O=C(O)c1ccc(Cn2nc(C(F)(F)F)c3c2CCCC3=O)cc1. The van der Waals surface area contributed by atoms with Gasteiger partial charge in [0.05, 0.1) is 23.4 Å². The van der Waals surface area contributed by atoms with E-state index in [1.807, 2.05) is 0 Å². The van der Waals surface area contributed by atoms with Crippen molar-refractivity contribution in [3.05, 3.63) is 52.3 Å². The van der Waals surface area contributed by atoms with Crippen LogP contribution in [0.4, 0.5) is 13.2 Å². The van der Waals surface area contributed by atoms with E-state index in [9.17, 15) is 22.8 Å². The molecule has 3 rings (SSSR count). The van der Waals surface area contributed by atoms with Crippen LogP contribution >= 0.6 is 0 Å². The van der Waals surface area contributed by atoms with E-state index in [-0.39, 0.29) is 24.1 Å². The van der Waals surface area contributed by atoms with Crippen molar-refractivity contribution in [3.8, 4) is 0 Å². The Morgan fingerprint density at radius 3 is 2.46 bits per heavy atom. The number of rotatable bonds is 3. The van der Waals surface area contributed by atoms with Crippen molar-refractivity contribution in [2.75, 3.05) is 0 Å². The number of halogens is 3. The van der Waals surface area contributed by atoms with Gasteiger partial charge in [0.2, 0.25) is 0 Å². The fourth-order valence-electron chi connectivity index (χ4n) is 2.84. The lowest BCUT2D eigenvalue weighted by Gasteiger charge is -2.14. The molecule has 2 aromatic rings. The molecule has 8 heteroatoms. The maximum Gasteiger partial charge on any atom is 0.435 e. The van der Waals surface area contributed by atoms with Gasteiger partial charge in [0, 0.05) is 6.42 Å². The van der Waals surface area contributed by atoms with E-state index in [4.69, 9.17) is 5.11 Å². The van der Waals surface area contributed by atoms with Crippen LogP contribution in [0.2, 0.25) is 0 Å². The fraction of sp³-hybridized carbons (Fsp3) is 0.312. The highest BCUT2D eigenvalue weighted by atomic mass is 19.4. The largest absolute Gasteiger partial charge is 0.478 e. The number of carbonyl (C=O) groups is 2. The van der Waals surface area contributed by atoms with Crippen LogP contribution in [0, 0.1) is 0 Å². The standard InChI is InChI=1S/C16H13F3N2O3/c17-16(18,19)14-13-11(2-1-3-12(13)22)21(20-14)8-9-4-6-10(7-5-9)15(23)24/h4-7H,1-3,8H2,(H,23,24). The number of carboxylic acids is 1. The molecule has 0 radical (unpaired) electrons. The smallest absolute Gasteiger partial charge is 0.435 e. The molecule has 1 N–H and O–H groups in total. The Labute approximate surface area is 134 Å². The van der Waals surface area contributed by atoms with Gasteiger partial charge in [-0.1, -0.05) is 12.1 Å². The van der Waals surface area contributed by atoms with Crippen molar-refractivity contribution >= 4 is 11.8 Å². The molecule has 5 nitrogen and oxygen atoms in total. The van der Waals surface area contributed by atoms with Crippen LogP contribution < -0.4 is 0 Å². The summed E-state index contributed by atoms with van der Waals surface area (Å²) in [7, 11) is 0. The van der Waals surface area contributed by atoms with Gasteiger partial charge in [-0.25, -0.2) is 4.79 Å². The maximum atomic E-state index is 13.1. The van der Waals surface area contributed by atoms with E-state index in [1.54, 1.807) is 0 Å². The number of benzene rings is 1. The van der Waals surface area contributed by atoms with Crippen LogP contribution in [0.5, 0.6) is 0 Å². The fourth-order valence-corrected chi connectivity index (χ4v) is 2.84. The lowest BCUT2D eigenvalue weighted by Crippen LogP contribution is -2.16. The molecule has 0 saturated carbocycles. The highest BCUT2D eigenvalue weighted by molar-refractivity contribution is 5.99. The molecule has 1 aromatic carbocycles. The number of carbonyl (C=O) groups excluding carboxylic acids is 1. The summed E-state index contributed by atoms with van der Waals surface area (Å²) in [4.78, 5) is 22.8. The van der Waals surface area contributed by atoms with Crippen molar-refractivity contribution in [2.24, 2.45) is 0 Å². The number of hydrogen-bond acceptors (Lipinski definition) is 3. The Kier molecular flexibility index (Phi) is 3.90. The zero-order valence-electron chi connectivity index (χ0n) is 12.4. The van der Waals surface area contributed by atoms with Crippen molar-refractivity contribution < 1.29 is 27.9 Å². The summed E-state index contributed by atoms with van der Waals surface area (Å²) in [5.41, 5.74) is -0.467. The van der Waals surface area contributed by atoms with Crippen molar-refractivity contribution in [1.29, 1.82) is 0 Å². The summed E-state index contributed by atoms with van der Waals surface area (Å²) in [6.07, 6.45) is -3.74. The predicted molar refractivity (Wildman–Crippen MR) is 77.0 cm³/mol. The number of aromatic nitrogens is 2. The summed E-state index contributed by atoms with van der Waals surface area (Å²) in [6, 6.07) is 5.80. The average Bonchev–Trinajstić information content (AvgIpc) is 2.88. The van der Waals surface area contributed by atoms with Gasteiger partial charge in [0.15, 0.2) is 11.5 Å². The Balaban J connectivity index is 1.99. The molecule has 126 valence electrons. The molecule has 0 unspecified atom stereocenters. The molecule has 1 aliphatic carbocycles. The van der Waals surface area contributed by atoms with Crippen LogP contribution in [-0.2, 0) is 19.1 Å². The summed E-state index contributed by atoms with van der Waals surface area (Å²) < 4.78 is 40.6. The molecule has 0 amide bonds. The van der Waals surface area contributed by atoms with E-state index >= 15 is 0 Å².